The fraction of sp³-hybridized carbons (Fsp3) is 1.00. The minimum atomic E-state index is 1.06. The van der Waals surface area contributed by atoms with Gasteiger partial charge in [-0.05, 0) is 5.92 Å². The molecule has 0 heterocycles. The summed E-state index contributed by atoms with van der Waals surface area (Å²) < 4.78 is 0. The van der Waals surface area contributed by atoms with E-state index in [0.29, 0.717) is 0 Å². The average molecular weight is 190 g/mol. The molecule has 0 N–H and O–H groups in total. The van der Waals surface area contributed by atoms with Gasteiger partial charge in [0.05, 0.1) is 0 Å². The summed E-state index contributed by atoms with van der Waals surface area (Å²) in [5, 5.41) is 0. The Balaban J connectivity index is -0.0000000445. The third-order valence-electron chi connectivity index (χ3n) is 1.39. The Morgan fingerprint density at radius 3 is 0.769 bits per heavy atom. The summed E-state index contributed by atoms with van der Waals surface area (Å²) in [5.41, 5.74) is 0. The molecule has 0 aliphatic heterocycles. The zero-order valence-corrected chi connectivity index (χ0v) is 11.7. The van der Waals surface area contributed by atoms with Gasteiger partial charge in [0.15, 0.2) is 0 Å². The second-order valence-electron chi connectivity index (χ2n) is 2.04. The smallest absolute Gasteiger partial charge is 0.0443 e. The van der Waals surface area contributed by atoms with Crippen molar-refractivity contribution in [2.24, 2.45) is 5.92 Å². The van der Waals surface area contributed by atoms with Crippen molar-refractivity contribution < 1.29 is 0 Å². The van der Waals surface area contributed by atoms with Crippen LogP contribution >= 0.6 is 0 Å². The van der Waals surface area contributed by atoms with Crippen molar-refractivity contribution in [3.63, 3.8) is 0 Å². The maximum atomic E-state index is 2.31. The maximum Gasteiger partial charge on any atom is -0.0443 e. The summed E-state index contributed by atoms with van der Waals surface area (Å²) in [5.74, 6) is 1.06. The predicted molar refractivity (Wildman–Crippen MR) is 68.4 cm³/mol. The van der Waals surface area contributed by atoms with Crippen LogP contribution in [0.2, 0.25) is 0 Å². The van der Waals surface area contributed by atoms with Crippen molar-refractivity contribution >= 4 is 0 Å². The first-order valence-electron chi connectivity index (χ1n) is 6.39. The van der Waals surface area contributed by atoms with Gasteiger partial charge in [0.2, 0.25) is 0 Å². The van der Waals surface area contributed by atoms with Crippen molar-refractivity contribution in [2.75, 3.05) is 0 Å². The molecule has 0 aromatic carbocycles. The van der Waals surface area contributed by atoms with E-state index in [4.69, 9.17) is 0 Å². The van der Waals surface area contributed by atoms with E-state index in [2.05, 4.69) is 6.92 Å². The fourth-order valence-corrected chi connectivity index (χ4v) is 0.612. The minimum Gasteiger partial charge on any atom is -0.0683 e. The molecule has 1 saturated carbocycles. The minimum absolute atomic E-state index is 1.06. The van der Waals surface area contributed by atoms with Crippen LogP contribution in [0, 0.1) is 5.92 Å². The van der Waals surface area contributed by atoms with Crippen LogP contribution in [0.5, 0.6) is 0 Å². The Bertz CT molecular complexity index is 27.0. The molecule has 0 heteroatoms. The van der Waals surface area contributed by atoms with E-state index >= 15 is 0 Å². The molecular weight excluding hydrogens is 156 g/mol. The van der Waals surface area contributed by atoms with Crippen LogP contribution in [0.15, 0.2) is 0 Å². The molecule has 0 amide bonds. The first-order valence-corrected chi connectivity index (χ1v) is 6.39. The summed E-state index contributed by atoms with van der Waals surface area (Å²) in [6, 6.07) is 0. The van der Waals surface area contributed by atoms with Crippen LogP contribution in [-0.2, 0) is 0 Å². The van der Waals surface area contributed by atoms with Crippen molar-refractivity contribution in [1.29, 1.82) is 0 Å². The Kier molecular flexibility index (Phi) is 71.7. The van der Waals surface area contributed by atoms with Gasteiger partial charge in [-0.3, -0.25) is 0 Å². The molecule has 0 aromatic heterocycles. The molecule has 1 aliphatic carbocycles. The highest BCUT2D eigenvalue weighted by Gasteiger charge is 2.09. The Morgan fingerprint density at radius 2 is 0.769 bits per heavy atom. The number of hydrogen-bond donors (Lipinski definition) is 0. The zero-order valence-electron chi connectivity index (χ0n) is 11.7. The van der Waals surface area contributed by atoms with Gasteiger partial charge in [-0.15, -0.1) is 0 Å². The van der Waals surface area contributed by atoms with Gasteiger partial charge in [-0.2, -0.15) is 0 Å². The Labute approximate surface area is 88.1 Å². The lowest BCUT2D eigenvalue weighted by molar-refractivity contribution is 0.346. The van der Waals surface area contributed by atoms with Crippen molar-refractivity contribution in [1.82, 2.24) is 0 Å². The van der Waals surface area contributed by atoms with Gasteiger partial charge < -0.3 is 0 Å². The molecule has 1 rings (SSSR count). The van der Waals surface area contributed by atoms with Crippen LogP contribution in [0.3, 0.4) is 0 Å². The van der Waals surface area contributed by atoms with Gasteiger partial charge in [-0.1, -0.05) is 81.6 Å². The summed E-state index contributed by atoms with van der Waals surface area (Å²) in [7, 11) is 0. The second kappa shape index (κ2) is 40.3. The average Bonchev–Trinajstić information content (AvgIpc) is 2.26. The van der Waals surface area contributed by atoms with Crippen LogP contribution in [0.25, 0.3) is 0 Å². The largest absolute Gasteiger partial charge is 0.0683 e. The van der Waals surface area contributed by atoms with Crippen LogP contribution in [0.4, 0.5) is 0 Å². The van der Waals surface area contributed by atoms with E-state index in [1.807, 2.05) is 55.4 Å². The first kappa shape index (κ1) is 23.1. The molecule has 0 atom stereocenters. The molecule has 0 spiro atoms. The van der Waals surface area contributed by atoms with Crippen molar-refractivity contribution in [2.45, 2.75) is 81.6 Å². The molecule has 0 radical (unpaired) electrons. The normalized spacial score (nSPS) is 11.8. The molecular formula is C13H34. The zero-order chi connectivity index (χ0) is 11.7. The van der Waals surface area contributed by atoms with E-state index in [-0.39, 0.29) is 0 Å². The van der Waals surface area contributed by atoms with Crippen LogP contribution in [-0.4, -0.2) is 0 Å². The van der Waals surface area contributed by atoms with Gasteiger partial charge in [0.1, 0.15) is 0 Å². The summed E-state index contributed by atoms with van der Waals surface area (Å²) in [4.78, 5) is 0. The molecule has 0 bridgehead atoms. The molecule has 0 unspecified atom stereocenters. The lowest BCUT2D eigenvalue weighted by Crippen LogP contribution is -2.04. The summed E-state index contributed by atoms with van der Waals surface area (Å²) in [6.07, 6.45) is 4.46. The van der Waals surface area contributed by atoms with Crippen molar-refractivity contribution in [3.8, 4) is 0 Å². The molecule has 0 aromatic rings. The van der Waals surface area contributed by atoms with E-state index in [1.165, 1.54) is 19.3 Å². The molecule has 13 heavy (non-hydrogen) atoms. The molecule has 86 valence electrons. The maximum absolute atomic E-state index is 2.31. The third kappa shape index (κ3) is 33.3. The van der Waals surface area contributed by atoms with Crippen molar-refractivity contribution in [3.05, 3.63) is 0 Å². The highest BCUT2D eigenvalue weighted by atomic mass is 14.1. The highest BCUT2D eigenvalue weighted by Crippen LogP contribution is 2.24. The highest BCUT2D eigenvalue weighted by molar-refractivity contribution is 4.62. The first-order chi connectivity index (χ1) is 6.39. The standard InChI is InChI=1S/C5H10.4C2H6/c1-5-3-2-4-5;4*1-2/h5H,2-4H2,1H3;4*1-2H3. The number of rotatable bonds is 0. The fourth-order valence-electron chi connectivity index (χ4n) is 0.612. The van der Waals surface area contributed by atoms with Crippen LogP contribution < -0.4 is 0 Å². The lowest BCUT2D eigenvalue weighted by atomic mass is 9.88. The molecule has 1 aliphatic rings. The molecule has 0 nitrogen and oxygen atoms in total. The predicted octanol–water partition coefficient (Wildman–Crippen LogP) is 5.91. The van der Waals surface area contributed by atoms with E-state index < -0.39 is 0 Å². The van der Waals surface area contributed by atoms with Gasteiger partial charge in [0.25, 0.3) is 0 Å². The quantitative estimate of drug-likeness (QED) is 0.445. The molecule has 0 saturated heterocycles. The van der Waals surface area contributed by atoms with Gasteiger partial charge in [-0.25, -0.2) is 0 Å². The third-order valence-corrected chi connectivity index (χ3v) is 1.39. The molecule has 1 fully saturated rings. The summed E-state index contributed by atoms with van der Waals surface area (Å²) in [6.45, 7) is 18.3. The van der Waals surface area contributed by atoms with Gasteiger partial charge >= 0.3 is 0 Å². The summed E-state index contributed by atoms with van der Waals surface area (Å²) >= 11 is 0. The lowest BCUT2D eigenvalue weighted by Gasteiger charge is -2.18. The second-order valence-corrected chi connectivity index (χ2v) is 2.04. The van der Waals surface area contributed by atoms with E-state index in [9.17, 15) is 0 Å². The topological polar surface area (TPSA) is 0 Å². The SMILES string of the molecule is CC.CC.CC.CC.CC1CCC1. The van der Waals surface area contributed by atoms with E-state index in [0.717, 1.165) is 5.92 Å². The van der Waals surface area contributed by atoms with Gasteiger partial charge in [0, 0.05) is 0 Å². The monoisotopic (exact) mass is 190 g/mol. The number of hydrogen-bond acceptors (Lipinski definition) is 0. The Morgan fingerprint density at radius 1 is 0.615 bits per heavy atom. The van der Waals surface area contributed by atoms with E-state index in [1.54, 1.807) is 0 Å². The van der Waals surface area contributed by atoms with Crippen LogP contribution in [0.1, 0.15) is 81.6 Å². The Hall–Kier alpha value is 0.